The van der Waals surface area contributed by atoms with Crippen LogP contribution in [-0.4, -0.2) is 29.9 Å². The summed E-state index contributed by atoms with van der Waals surface area (Å²) in [5.74, 6) is 0.535. The van der Waals surface area contributed by atoms with Gasteiger partial charge in [0.05, 0.1) is 7.11 Å². The summed E-state index contributed by atoms with van der Waals surface area (Å²) in [6.07, 6.45) is 1.52. The summed E-state index contributed by atoms with van der Waals surface area (Å²) >= 11 is 6.05. The van der Waals surface area contributed by atoms with Crippen molar-refractivity contribution in [3.8, 4) is 5.75 Å². The van der Waals surface area contributed by atoms with Gasteiger partial charge in [0.1, 0.15) is 11.8 Å². The highest BCUT2D eigenvalue weighted by atomic mass is 35.5. The van der Waals surface area contributed by atoms with E-state index < -0.39 is 6.04 Å². The molecule has 0 radical (unpaired) electrons. The van der Waals surface area contributed by atoms with E-state index in [0.717, 1.165) is 22.4 Å². The van der Waals surface area contributed by atoms with Crippen LogP contribution in [0.15, 0.2) is 78.9 Å². The van der Waals surface area contributed by atoms with Crippen molar-refractivity contribution in [2.75, 3.05) is 7.11 Å². The van der Waals surface area contributed by atoms with Crippen molar-refractivity contribution in [3.63, 3.8) is 0 Å². The molecule has 0 aliphatic carbocycles. The Balaban J connectivity index is 1.85. The predicted octanol–water partition coefficient (Wildman–Crippen LogP) is 5.41. The zero-order valence-electron chi connectivity index (χ0n) is 19.7. The number of halogens is 1. The van der Waals surface area contributed by atoms with E-state index in [9.17, 15) is 9.59 Å². The molecule has 3 rings (SSSR count). The molecule has 178 valence electrons. The highest BCUT2D eigenvalue weighted by molar-refractivity contribution is 6.30. The Labute approximate surface area is 206 Å². The van der Waals surface area contributed by atoms with Crippen molar-refractivity contribution >= 4 is 23.4 Å². The van der Waals surface area contributed by atoms with Crippen molar-refractivity contribution < 1.29 is 14.3 Å². The van der Waals surface area contributed by atoms with Gasteiger partial charge in [-0.1, -0.05) is 73.1 Å². The van der Waals surface area contributed by atoms with Crippen LogP contribution in [-0.2, 0) is 29.1 Å². The van der Waals surface area contributed by atoms with E-state index in [4.69, 9.17) is 16.3 Å². The molecule has 3 aromatic rings. The maximum Gasteiger partial charge on any atom is 0.243 e. The number of carbonyl (C=O) groups is 2. The molecule has 0 saturated carbocycles. The quantitative estimate of drug-likeness (QED) is 0.401. The Morgan fingerprint density at radius 3 is 2.18 bits per heavy atom. The van der Waals surface area contributed by atoms with Gasteiger partial charge in [-0.25, -0.2) is 0 Å². The van der Waals surface area contributed by atoms with E-state index >= 15 is 0 Å². The predicted molar refractivity (Wildman–Crippen MR) is 136 cm³/mol. The summed E-state index contributed by atoms with van der Waals surface area (Å²) in [5.41, 5.74) is 2.88. The molecule has 6 heteroatoms. The highest BCUT2D eigenvalue weighted by Crippen LogP contribution is 2.18. The first-order chi connectivity index (χ1) is 16.5. The van der Waals surface area contributed by atoms with Crippen LogP contribution >= 0.6 is 11.6 Å². The van der Waals surface area contributed by atoms with Crippen LogP contribution in [0.4, 0.5) is 0 Å². The Hall–Kier alpha value is -3.31. The molecule has 0 fully saturated rings. The van der Waals surface area contributed by atoms with Crippen molar-refractivity contribution in [2.45, 2.75) is 45.3 Å². The van der Waals surface area contributed by atoms with Gasteiger partial charge in [0.2, 0.25) is 11.8 Å². The second-order valence-corrected chi connectivity index (χ2v) is 8.61. The van der Waals surface area contributed by atoms with Crippen molar-refractivity contribution in [2.24, 2.45) is 0 Å². The zero-order chi connectivity index (χ0) is 24.3. The maximum absolute atomic E-state index is 13.5. The first-order valence-electron chi connectivity index (χ1n) is 11.5. The lowest BCUT2D eigenvalue weighted by Crippen LogP contribution is -2.50. The molecule has 0 saturated heterocycles. The normalized spacial score (nSPS) is 11.5. The van der Waals surface area contributed by atoms with E-state index in [1.165, 1.54) is 0 Å². The van der Waals surface area contributed by atoms with Gasteiger partial charge in [-0.15, -0.1) is 0 Å². The van der Waals surface area contributed by atoms with E-state index in [0.29, 0.717) is 37.4 Å². The van der Waals surface area contributed by atoms with Crippen LogP contribution in [0.5, 0.6) is 5.75 Å². The van der Waals surface area contributed by atoms with Gasteiger partial charge in [0, 0.05) is 31.0 Å². The lowest BCUT2D eigenvalue weighted by Gasteiger charge is -2.31. The van der Waals surface area contributed by atoms with Gasteiger partial charge in [0.15, 0.2) is 0 Å². The topological polar surface area (TPSA) is 58.6 Å². The molecule has 0 bridgehead atoms. The molecule has 0 unspecified atom stereocenters. The van der Waals surface area contributed by atoms with Crippen LogP contribution in [0.3, 0.4) is 0 Å². The molecule has 1 atom stereocenters. The minimum Gasteiger partial charge on any atom is -0.497 e. The number of nitrogens with one attached hydrogen (secondary N) is 1. The fraction of sp³-hybridized carbons (Fsp3) is 0.286. The standard InChI is InChI=1S/C28H31ClN2O3/c1-3-7-27(32)31(20-23-10-14-24(29)15-11-23)26(18-21-8-5-4-6-9-21)28(33)30-19-22-12-16-25(34-2)17-13-22/h4-6,8-17,26H,3,7,18-20H2,1-2H3,(H,30,33)/t26-/m1/s1. The van der Waals surface area contributed by atoms with Crippen LogP contribution in [0.1, 0.15) is 36.5 Å². The molecule has 0 aromatic heterocycles. The van der Waals surface area contributed by atoms with Crippen molar-refractivity contribution in [1.82, 2.24) is 10.2 Å². The van der Waals surface area contributed by atoms with E-state index in [-0.39, 0.29) is 11.8 Å². The Kier molecular flexibility index (Phi) is 9.53. The lowest BCUT2D eigenvalue weighted by molar-refractivity contribution is -0.141. The first-order valence-corrected chi connectivity index (χ1v) is 11.9. The van der Waals surface area contributed by atoms with Gasteiger partial charge in [-0.05, 0) is 47.4 Å². The number of carbonyl (C=O) groups excluding carboxylic acids is 2. The number of amides is 2. The number of hydrogen-bond acceptors (Lipinski definition) is 3. The Morgan fingerprint density at radius 1 is 0.912 bits per heavy atom. The number of nitrogens with zero attached hydrogens (tertiary/aromatic N) is 1. The number of benzene rings is 3. The number of methoxy groups -OCH3 is 1. The van der Waals surface area contributed by atoms with Crippen LogP contribution < -0.4 is 10.1 Å². The first kappa shape index (κ1) is 25.3. The average Bonchev–Trinajstić information content (AvgIpc) is 2.87. The summed E-state index contributed by atoms with van der Waals surface area (Å²) in [7, 11) is 1.62. The molecular weight excluding hydrogens is 448 g/mol. The largest absolute Gasteiger partial charge is 0.497 e. The lowest BCUT2D eigenvalue weighted by atomic mass is 10.0. The fourth-order valence-corrected chi connectivity index (χ4v) is 3.87. The zero-order valence-corrected chi connectivity index (χ0v) is 20.4. The second-order valence-electron chi connectivity index (χ2n) is 8.17. The Bertz CT molecular complexity index is 1050. The third-order valence-electron chi connectivity index (χ3n) is 5.63. The summed E-state index contributed by atoms with van der Waals surface area (Å²) in [6, 6.07) is 24.1. The molecule has 34 heavy (non-hydrogen) atoms. The molecule has 0 aliphatic rings. The molecule has 0 heterocycles. The minimum absolute atomic E-state index is 0.0435. The summed E-state index contributed by atoms with van der Waals surface area (Å²) < 4.78 is 5.20. The molecule has 1 N–H and O–H groups in total. The summed E-state index contributed by atoms with van der Waals surface area (Å²) in [4.78, 5) is 28.4. The van der Waals surface area contributed by atoms with Crippen molar-refractivity contribution in [1.29, 1.82) is 0 Å². The van der Waals surface area contributed by atoms with Gasteiger partial charge in [0.25, 0.3) is 0 Å². The van der Waals surface area contributed by atoms with E-state index in [2.05, 4.69) is 5.32 Å². The van der Waals surface area contributed by atoms with E-state index in [1.54, 1.807) is 24.1 Å². The van der Waals surface area contributed by atoms with Gasteiger partial charge < -0.3 is 15.0 Å². The average molecular weight is 479 g/mol. The molecule has 0 spiro atoms. The van der Waals surface area contributed by atoms with Gasteiger partial charge in [-0.2, -0.15) is 0 Å². The van der Waals surface area contributed by atoms with Crippen LogP contribution in [0.2, 0.25) is 5.02 Å². The van der Waals surface area contributed by atoms with Gasteiger partial charge >= 0.3 is 0 Å². The third kappa shape index (κ3) is 7.35. The monoisotopic (exact) mass is 478 g/mol. The summed E-state index contributed by atoms with van der Waals surface area (Å²) in [6.45, 7) is 2.67. The van der Waals surface area contributed by atoms with E-state index in [1.807, 2.05) is 73.7 Å². The number of rotatable bonds is 11. The molecule has 5 nitrogen and oxygen atoms in total. The smallest absolute Gasteiger partial charge is 0.243 e. The van der Waals surface area contributed by atoms with Crippen LogP contribution in [0.25, 0.3) is 0 Å². The molecule has 0 aliphatic heterocycles. The summed E-state index contributed by atoms with van der Waals surface area (Å²) in [5, 5.41) is 3.67. The Morgan fingerprint density at radius 2 is 1.56 bits per heavy atom. The maximum atomic E-state index is 13.5. The fourth-order valence-electron chi connectivity index (χ4n) is 3.75. The molecule has 2 amide bonds. The number of ether oxygens (including phenoxy) is 1. The molecule has 3 aromatic carbocycles. The SMILES string of the molecule is CCCC(=O)N(Cc1ccc(Cl)cc1)[C@H](Cc1ccccc1)C(=O)NCc1ccc(OC)cc1. The second kappa shape index (κ2) is 12.8. The van der Waals surface area contributed by atoms with Crippen molar-refractivity contribution in [3.05, 3.63) is 101 Å². The third-order valence-corrected chi connectivity index (χ3v) is 5.88. The molecular formula is C28H31ClN2O3. The van der Waals surface area contributed by atoms with Gasteiger partial charge in [-0.3, -0.25) is 9.59 Å². The number of hydrogen-bond donors (Lipinski definition) is 1. The highest BCUT2D eigenvalue weighted by Gasteiger charge is 2.29. The van der Waals surface area contributed by atoms with Crippen LogP contribution in [0, 0.1) is 0 Å². The minimum atomic E-state index is -0.643.